The Bertz CT molecular complexity index is 379. The zero-order valence-corrected chi connectivity index (χ0v) is 13.3. The van der Waals surface area contributed by atoms with Crippen LogP contribution in [0.2, 0.25) is 0 Å². The smallest absolute Gasteiger partial charge is 0.240 e. The number of likely N-dealkylation sites (N-methyl/N-ethyl adjacent to an activating group) is 1. The van der Waals surface area contributed by atoms with Gasteiger partial charge in [0.25, 0.3) is 0 Å². The number of fused-ring (bicyclic) bond motifs is 2. The van der Waals surface area contributed by atoms with Gasteiger partial charge in [0.15, 0.2) is 0 Å². The number of carbonyl (C=O) groups excluding carboxylic acids is 1. The van der Waals surface area contributed by atoms with Crippen molar-refractivity contribution in [1.82, 2.24) is 10.2 Å². The fourth-order valence-electron chi connectivity index (χ4n) is 5.08. The molecule has 3 fully saturated rings. The molecule has 0 aromatic rings. The van der Waals surface area contributed by atoms with Crippen molar-refractivity contribution in [2.45, 2.75) is 82.8 Å². The van der Waals surface area contributed by atoms with Crippen LogP contribution in [0.5, 0.6) is 0 Å². The Hall–Kier alpha value is -0.570. The number of rotatable bonds is 2. The molecule has 0 spiro atoms. The van der Waals surface area contributed by atoms with E-state index in [0.717, 1.165) is 31.1 Å². The molecule has 1 aliphatic heterocycles. The van der Waals surface area contributed by atoms with Crippen molar-refractivity contribution in [2.75, 3.05) is 7.05 Å². The van der Waals surface area contributed by atoms with Crippen LogP contribution in [0, 0.1) is 11.8 Å². The van der Waals surface area contributed by atoms with Gasteiger partial charge in [0.1, 0.15) is 0 Å². The summed E-state index contributed by atoms with van der Waals surface area (Å²) in [6.45, 7) is 4.57. The number of hydrogen-bond acceptors (Lipinski definition) is 2. The predicted molar refractivity (Wildman–Crippen MR) is 81.5 cm³/mol. The van der Waals surface area contributed by atoms with E-state index in [0.29, 0.717) is 11.9 Å². The first-order valence-electron chi connectivity index (χ1n) is 8.53. The van der Waals surface area contributed by atoms with Crippen molar-refractivity contribution in [3.05, 3.63) is 0 Å². The van der Waals surface area contributed by atoms with Gasteiger partial charge < -0.3 is 10.2 Å². The van der Waals surface area contributed by atoms with E-state index in [1.165, 1.54) is 32.1 Å². The van der Waals surface area contributed by atoms with E-state index < -0.39 is 0 Å². The molecule has 4 unspecified atom stereocenters. The van der Waals surface area contributed by atoms with Crippen molar-refractivity contribution in [3.63, 3.8) is 0 Å². The van der Waals surface area contributed by atoms with Crippen molar-refractivity contribution >= 4 is 5.91 Å². The first-order valence-corrected chi connectivity index (χ1v) is 8.53. The zero-order chi connectivity index (χ0) is 14.3. The van der Waals surface area contributed by atoms with Crippen molar-refractivity contribution in [1.29, 1.82) is 0 Å². The number of likely N-dealkylation sites (tertiary alicyclic amines) is 1. The van der Waals surface area contributed by atoms with E-state index >= 15 is 0 Å². The summed E-state index contributed by atoms with van der Waals surface area (Å²) in [6, 6.07) is 0.552. The number of nitrogens with zero attached hydrogens (tertiary/aromatic N) is 1. The molecule has 1 saturated heterocycles. The van der Waals surface area contributed by atoms with Gasteiger partial charge >= 0.3 is 0 Å². The van der Waals surface area contributed by atoms with Crippen molar-refractivity contribution < 1.29 is 4.79 Å². The van der Waals surface area contributed by atoms with Gasteiger partial charge in [0, 0.05) is 11.6 Å². The maximum absolute atomic E-state index is 13.0. The fourth-order valence-corrected chi connectivity index (χ4v) is 5.08. The Balaban J connectivity index is 1.88. The number of amides is 1. The van der Waals surface area contributed by atoms with Crippen LogP contribution in [-0.2, 0) is 4.79 Å². The molecule has 2 saturated carbocycles. The van der Waals surface area contributed by atoms with Gasteiger partial charge in [0.2, 0.25) is 5.91 Å². The molecule has 20 heavy (non-hydrogen) atoms. The second kappa shape index (κ2) is 5.32. The minimum atomic E-state index is 0.0326. The topological polar surface area (TPSA) is 32.3 Å². The zero-order valence-electron chi connectivity index (χ0n) is 13.3. The lowest BCUT2D eigenvalue weighted by Gasteiger charge is -2.44. The molecular weight excluding hydrogens is 248 g/mol. The lowest BCUT2D eigenvalue weighted by molar-refractivity contribution is -0.142. The van der Waals surface area contributed by atoms with Gasteiger partial charge in [0.05, 0.1) is 6.04 Å². The summed E-state index contributed by atoms with van der Waals surface area (Å²) in [5.74, 6) is 2.03. The van der Waals surface area contributed by atoms with Crippen LogP contribution < -0.4 is 5.32 Å². The molecule has 1 amide bonds. The number of carbonyl (C=O) groups is 1. The molecule has 0 aromatic carbocycles. The van der Waals surface area contributed by atoms with E-state index in [1.54, 1.807) is 0 Å². The van der Waals surface area contributed by atoms with Crippen LogP contribution in [0.25, 0.3) is 0 Å². The van der Waals surface area contributed by atoms with Gasteiger partial charge in [-0.05, 0) is 71.3 Å². The van der Waals surface area contributed by atoms with Crippen LogP contribution in [-0.4, -0.2) is 35.5 Å². The van der Waals surface area contributed by atoms with Crippen LogP contribution in [0.1, 0.15) is 65.2 Å². The largest absolute Gasteiger partial charge is 0.333 e. The summed E-state index contributed by atoms with van der Waals surface area (Å²) < 4.78 is 0. The molecule has 4 atom stereocenters. The first-order chi connectivity index (χ1) is 9.53. The van der Waals surface area contributed by atoms with E-state index in [-0.39, 0.29) is 11.6 Å². The third kappa shape index (κ3) is 2.38. The molecule has 1 heterocycles. The second-order valence-electron chi connectivity index (χ2n) is 7.85. The van der Waals surface area contributed by atoms with Crippen LogP contribution in [0.4, 0.5) is 0 Å². The number of hydrogen-bond donors (Lipinski definition) is 1. The van der Waals surface area contributed by atoms with Gasteiger partial charge in [-0.25, -0.2) is 0 Å². The second-order valence-corrected chi connectivity index (χ2v) is 7.85. The first kappa shape index (κ1) is 14.4. The van der Waals surface area contributed by atoms with Gasteiger partial charge in [-0.1, -0.05) is 12.8 Å². The van der Waals surface area contributed by atoms with Crippen LogP contribution >= 0.6 is 0 Å². The monoisotopic (exact) mass is 278 g/mol. The van der Waals surface area contributed by atoms with Crippen LogP contribution in [0.3, 0.4) is 0 Å². The normalized spacial score (nSPS) is 40.8. The lowest BCUT2D eigenvalue weighted by Crippen LogP contribution is -2.57. The highest BCUT2D eigenvalue weighted by Gasteiger charge is 2.48. The van der Waals surface area contributed by atoms with E-state index in [1.807, 2.05) is 7.05 Å². The summed E-state index contributed by atoms with van der Waals surface area (Å²) in [5, 5.41) is 3.25. The summed E-state index contributed by atoms with van der Waals surface area (Å²) in [6.07, 6.45) is 10.0. The molecule has 2 bridgehead atoms. The highest BCUT2D eigenvalue weighted by atomic mass is 16.2. The Morgan fingerprint density at radius 3 is 2.65 bits per heavy atom. The third-order valence-electron chi connectivity index (χ3n) is 6.09. The Kier molecular flexibility index (Phi) is 3.83. The average molecular weight is 278 g/mol. The maximum atomic E-state index is 13.0. The summed E-state index contributed by atoms with van der Waals surface area (Å²) in [5.41, 5.74) is 0.0326. The minimum absolute atomic E-state index is 0.0326. The molecule has 2 aliphatic carbocycles. The quantitative estimate of drug-likeness (QED) is 0.842. The molecule has 3 aliphatic rings. The molecule has 3 rings (SSSR count). The summed E-state index contributed by atoms with van der Waals surface area (Å²) in [7, 11) is 1.94. The molecule has 0 radical (unpaired) electrons. The summed E-state index contributed by atoms with van der Waals surface area (Å²) in [4.78, 5) is 15.3. The molecule has 3 heteroatoms. The van der Waals surface area contributed by atoms with Gasteiger partial charge in [-0.3, -0.25) is 4.79 Å². The third-order valence-corrected chi connectivity index (χ3v) is 6.09. The van der Waals surface area contributed by atoms with Crippen molar-refractivity contribution in [2.24, 2.45) is 11.8 Å². The average Bonchev–Trinajstić information content (AvgIpc) is 2.62. The maximum Gasteiger partial charge on any atom is 0.240 e. The molecule has 114 valence electrons. The molecule has 3 nitrogen and oxygen atoms in total. The van der Waals surface area contributed by atoms with Gasteiger partial charge in [-0.15, -0.1) is 0 Å². The highest BCUT2D eigenvalue weighted by molar-refractivity contribution is 5.83. The molecule has 1 N–H and O–H groups in total. The van der Waals surface area contributed by atoms with Gasteiger partial charge in [-0.2, -0.15) is 0 Å². The highest BCUT2D eigenvalue weighted by Crippen LogP contribution is 2.47. The summed E-state index contributed by atoms with van der Waals surface area (Å²) >= 11 is 0. The van der Waals surface area contributed by atoms with E-state index in [9.17, 15) is 4.79 Å². The Morgan fingerprint density at radius 1 is 1.15 bits per heavy atom. The van der Waals surface area contributed by atoms with Crippen LogP contribution in [0.15, 0.2) is 0 Å². The fraction of sp³-hybridized carbons (Fsp3) is 0.941. The van der Waals surface area contributed by atoms with Crippen molar-refractivity contribution in [3.8, 4) is 0 Å². The number of nitrogens with one attached hydrogen (secondary N) is 1. The molecular formula is C17H30N2O. The predicted octanol–water partition coefficient (Wildman–Crippen LogP) is 2.94. The SMILES string of the molecule is CNC1CCCC(C)(C)N(C2CC3CCCC2C3)C1=O. The standard InChI is InChI=1S/C17H30N2O/c1-17(2)9-5-8-14(18-3)16(20)19(17)15-11-12-6-4-7-13(15)10-12/h12-15,18H,4-11H2,1-3H3. The van der Waals surface area contributed by atoms with E-state index in [2.05, 4.69) is 24.1 Å². The molecule has 0 aromatic heterocycles. The lowest BCUT2D eigenvalue weighted by atomic mass is 9.87. The Labute approximate surface area is 123 Å². The minimum Gasteiger partial charge on any atom is -0.333 e. The Morgan fingerprint density at radius 2 is 1.95 bits per heavy atom. The van der Waals surface area contributed by atoms with E-state index in [4.69, 9.17) is 0 Å².